The van der Waals surface area contributed by atoms with Gasteiger partial charge in [-0.05, 0) is 55.7 Å². The molecule has 132 valence electrons. The van der Waals surface area contributed by atoms with Crippen LogP contribution < -0.4 is 10.2 Å². The van der Waals surface area contributed by atoms with E-state index in [4.69, 9.17) is 11.6 Å². The molecule has 0 saturated heterocycles. The second kappa shape index (κ2) is 8.17. The topological polar surface area (TPSA) is 49.4 Å². The molecule has 0 bridgehead atoms. The Labute approximate surface area is 153 Å². The number of halogens is 1. The van der Waals surface area contributed by atoms with Crippen LogP contribution in [-0.2, 0) is 9.59 Å². The van der Waals surface area contributed by atoms with Crippen molar-refractivity contribution in [2.45, 2.75) is 34.1 Å². The van der Waals surface area contributed by atoms with Gasteiger partial charge in [0.1, 0.15) is 0 Å². The molecule has 5 heteroatoms. The second-order valence-electron chi connectivity index (χ2n) is 6.15. The lowest BCUT2D eigenvalue weighted by molar-refractivity contribution is -0.117. The van der Waals surface area contributed by atoms with E-state index in [0.717, 1.165) is 28.1 Å². The fraction of sp³-hybridized carbons (Fsp3) is 0.300. The molecule has 2 rings (SSSR count). The number of rotatable bonds is 5. The van der Waals surface area contributed by atoms with E-state index in [1.165, 1.54) is 6.92 Å². The van der Waals surface area contributed by atoms with Gasteiger partial charge in [0.25, 0.3) is 0 Å². The average Bonchev–Trinajstić information content (AvgIpc) is 2.55. The summed E-state index contributed by atoms with van der Waals surface area (Å²) in [4.78, 5) is 25.9. The van der Waals surface area contributed by atoms with Crippen LogP contribution >= 0.6 is 11.6 Å². The molecular formula is C20H23ClN2O2. The van der Waals surface area contributed by atoms with Gasteiger partial charge in [0, 0.05) is 36.3 Å². The fourth-order valence-corrected chi connectivity index (χ4v) is 2.80. The molecule has 0 aliphatic rings. The van der Waals surface area contributed by atoms with Crippen LogP contribution in [0.15, 0.2) is 36.4 Å². The zero-order chi connectivity index (χ0) is 18.6. The molecule has 0 aliphatic carbocycles. The monoisotopic (exact) mass is 358 g/mol. The molecule has 2 aromatic rings. The first-order valence-corrected chi connectivity index (χ1v) is 8.57. The lowest BCUT2D eigenvalue weighted by atomic mass is 10.1. The maximum Gasteiger partial charge on any atom is 0.226 e. The van der Waals surface area contributed by atoms with E-state index < -0.39 is 0 Å². The van der Waals surface area contributed by atoms with E-state index in [2.05, 4.69) is 5.32 Å². The summed E-state index contributed by atoms with van der Waals surface area (Å²) >= 11 is 6.05. The number of amides is 2. The van der Waals surface area contributed by atoms with Gasteiger partial charge in [-0.25, -0.2) is 0 Å². The van der Waals surface area contributed by atoms with Gasteiger partial charge < -0.3 is 10.2 Å². The lowest BCUT2D eigenvalue weighted by Crippen LogP contribution is -2.32. The van der Waals surface area contributed by atoms with Crippen molar-refractivity contribution in [2.24, 2.45) is 0 Å². The van der Waals surface area contributed by atoms with Gasteiger partial charge >= 0.3 is 0 Å². The molecule has 2 amide bonds. The van der Waals surface area contributed by atoms with Crippen LogP contribution in [0.4, 0.5) is 11.4 Å². The van der Waals surface area contributed by atoms with E-state index in [1.807, 2.05) is 45.0 Å². The van der Waals surface area contributed by atoms with Crippen molar-refractivity contribution in [2.75, 3.05) is 16.8 Å². The lowest BCUT2D eigenvalue weighted by Gasteiger charge is -2.23. The third kappa shape index (κ3) is 4.83. The molecule has 0 aliphatic heterocycles. The van der Waals surface area contributed by atoms with Crippen molar-refractivity contribution in [1.29, 1.82) is 0 Å². The van der Waals surface area contributed by atoms with Gasteiger partial charge in [0.2, 0.25) is 11.8 Å². The number of carbonyl (C=O) groups excluding carboxylic acids is 2. The van der Waals surface area contributed by atoms with Gasteiger partial charge in [-0.1, -0.05) is 29.8 Å². The highest BCUT2D eigenvalue weighted by molar-refractivity contribution is 6.31. The van der Waals surface area contributed by atoms with E-state index in [-0.39, 0.29) is 18.2 Å². The smallest absolute Gasteiger partial charge is 0.226 e. The number of aryl methyl sites for hydroxylation is 2. The Kier molecular flexibility index (Phi) is 6.21. The summed E-state index contributed by atoms with van der Waals surface area (Å²) in [6.07, 6.45) is 0.207. The SMILES string of the molecule is CC(=O)N(CCC(=O)Nc1cccc(C)c1C)c1cc(Cl)ccc1C. The molecule has 0 aromatic heterocycles. The fourth-order valence-electron chi connectivity index (χ4n) is 2.63. The summed E-state index contributed by atoms with van der Waals surface area (Å²) in [6.45, 7) is 7.68. The van der Waals surface area contributed by atoms with Crippen LogP contribution in [0, 0.1) is 20.8 Å². The molecule has 1 N–H and O–H groups in total. The van der Waals surface area contributed by atoms with Crippen LogP contribution in [-0.4, -0.2) is 18.4 Å². The molecule has 0 spiro atoms. The molecule has 0 unspecified atom stereocenters. The Balaban J connectivity index is 2.08. The molecule has 0 radical (unpaired) electrons. The molecule has 2 aromatic carbocycles. The second-order valence-corrected chi connectivity index (χ2v) is 6.58. The van der Waals surface area contributed by atoms with Crippen molar-refractivity contribution in [3.05, 3.63) is 58.1 Å². The first-order valence-electron chi connectivity index (χ1n) is 8.20. The van der Waals surface area contributed by atoms with Crippen molar-refractivity contribution in [3.63, 3.8) is 0 Å². The number of benzene rings is 2. The molecule has 0 fully saturated rings. The van der Waals surface area contributed by atoms with E-state index >= 15 is 0 Å². The first kappa shape index (κ1) is 19.0. The van der Waals surface area contributed by atoms with Crippen molar-refractivity contribution in [1.82, 2.24) is 0 Å². The predicted molar refractivity (Wildman–Crippen MR) is 103 cm³/mol. The normalized spacial score (nSPS) is 10.4. The number of hydrogen-bond acceptors (Lipinski definition) is 2. The highest BCUT2D eigenvalue weighted by atomic mass is 35.5. The predicted octanol–water partition coefficient (Wildman–Crippen LogP) is 4.65. The molecule has 0 saturated carbocycles. The van der Waals surface area contributed by atoms with Gasteiger partial charge in [0.15, 0.2) is 0 Å². The molecule has 25 heavy (non-hydrogen) atoms. The molecule has 0 atom stereocenters. The summed E-state index contributed by atoms with van der Waals surface area (Å²) in [7, 11) is 0. The highest BCUT2D eigenvalue weighted by Gasteiger charge is 2.16. The van der Waals surface area contributed by atoms with Crippen molar-refractivity contribution >= 4 is 34.8 Å². The maximum atomic E-state index is 12.3. The third-order valence-electron chi connectivity index (χ3n) is 4.28. The summed E-state index contributed by atoms with van der Waals surface area (Å²) < 4.78 is 0. The molecule has 4 nitrogen and oxygen atoms in total. The van der Waals surface area contributed by atoms with Gasteiger partial charge in [-0.15, -0.1) is 0 Å². The number of hydrogen-bond donors (Lipinski definition) is 1. The number of carbonyl (C=O) groups is 2. The zero-order valence-corrected chi connectivity index (χ0v) is 15.8. The van der Waals surface area contributed by atoms with Crippen molar-refractivity contribution < 1.29 is 9.59 Å². The highest BCUT2D eigenvalue weighted by Crippen LogP contribution is 2.25. The number of nitrogens with zero attached hydrogens (tertiary/aromatic N) is 1. The Bertz CT molecular complexity index is 802. The van der Waals surface area contributed by atoms with Gasteiger partial charge in [-0.3, -0.25) is 9.59 Å². The van der Waals surface area contributed by atoms with Crippen LogP contribution in [0.2, 0.25) is 5.02 Å². The van der Waals surface area contributed by atoms with Crippen LogP contribution in [0.25, 0.3) is 0 Å². The van der Waals surface area contributed by atoms with Crippen LogP contribution in [0.3, 0.4) is 0 Å². The van der Waals surface area contributed by atoms with E-state index in [1.54, 1.807) is 17.0 Å². The van der Waals surface area contributed by atoms with Crippen LogP contribution in [0.1, 0.15) is 30.0 Å². The van der Waals surface area contributed by atoms with E-state index in [9.17, 15) is 9.59 Å². The van der Waals surface area contributed by atoms with Crippen LogP contribution in [0.5, 0.6) is 0 Å². The maximum absolute atomic E-state index is 12.3. The van der Waals surface area contributed by atoms with Gasteiger partial charge in [0.05, 0.1) is 0 Å². The zero-order valence-electron chi connectivity index (χ0n) is 15.0. The Hall–Kier alpha value is -2.33. The first-order chi connectivity index (χ1) is 11.8. The Morgan fingerprint density at radius 1 is 1.08 bits per heavy atom. The Morgan fingerprint density at radius 3 is 2.48 bits per heavy atom. The minimum Gasteiger partial charge on any atom is -0.326 e. The molecule has 0 heterocycles. The summed E-state index contributed by atoms with van der Waals surface area (Å²) in [5.41, 5.74) is 4.65. The summed E-state index contributed by atoms with van der Waals surface area (Å²) in [6, 6.07) is 11.2. The standard InChI is InChI=1S/C20H23ClN2O2/c1-13-6-5-7-18(15(13)3)22-20(25)10-11-23(16(4)24)19-12-17(21)9-8-14(19)2/h5-9,12H,10-11H2,1-4H3,(H,22,25). The largest absolute Gasteiger partial charge is 0.326 e. The summed E-state index contributed by atoms with van der Waals surface area (Å²) in [5.74, 6) is -0.246. The van der Waals surface area contributed by atoms with Gasteiger partial charge in [-0.2, -0.15) is 0 Å². The minimum absolute atomic E-state index is 0.120. The van der Waals surface area contributed by atoms with Crippen molar-refractivity contribution in [3.8, 4) is 0 Å². The minimum atomic E-state index is -0.125. The van der Waals surface area contributed by atoms with E-state index in [0.29, 0.717) is 11.6 Å². The number of anilines is 2. The summed E-state index contributed by atoms with van der Waals surface area (Å²) in [5, 5.41) is 3.48. The quantitative estimate of drug-likeness (QED) is 0.845. The Morgan fingerprint density at radius 2 is 1.80 bits per heavy atom. The number of nitrogens with one attached hydrogen (secondary N) is 1. The molecular weight excluding hydrogens is 336 g/mol. The average molecular weight is 359 g/mol. The third-order valence-corrected chi connectivity index (χ3v) is 4.52.